The average Bonchev–Trinajstić information content (AvgIpc) is 3.71. The van der Waals surface area contributed by atoms with Crippen molar-refractivity contribution in [2.75, 3.05) is 34.7 Å². The van der Waals surface area contributed by atoms with Crippen LogP contribution < -0.4 is 23.7 Å². The molecule has 0 amide bonds. The fraction of sp³-hybridized carbons (Fsp3) is 0.632. The molecule has 0 aromatic heterocycles. The van der Waals surface area contributed by atoms with E-state index in [2.05, 4.69) is 6.92 Å². The Morgan fingerprint density at radius 1 is 0.723 bits per heavy atom. The molecule has 9 nitrogen and oxygen atoms in total. The fourth-order valence-electron chi connectivity index (χ4n) is 7.43. The van der Waals surface area contributed by atoms with Crippen LogP contribution in [0.15, 0.2) is 24.3 Å². The van der Waals surface area contributed by atoms with Crippen LogP contribution in [0.5, 0.6) is 28.7 Å². The smallest absolute Gasteiger partial charge is 0.310 e. The number of esters is 2. The Bertz CT molecular complexity index is 1330. The van der Waals surface area contributed by atoms with Crippen molar-refractivity contribution < 1.29 is 42.7 Å². The van der Waals surface area contributed by atoms with Gasteiger partial charge in [0.05, 0.1) is 33.9 Å². The third kappa shape index (κ3) is 8.10. The van der Waals surface area contributed by atoms with Crippen molar-refractivity contribution in [3.63, 3.8) is 0 Å². The van der Waals surface area contributed by atoms with Crippen LogP contribution >= 0.6 is 0 Å². The van der Waals surface area contributed by atoms with Crippen LogP contribution in [0.25, 0.3) is 0 Å². The van der Waals surface area contributed by atoms with Crippen LogP contribution in [0.3, 0.4) is 0 Å². The number of methoxy groups -OCH3 is 3. The van der Waals surface area contributed by atoms with E-state index in [0.29, 0.717) is 35.2 Å². The van der Waals surface area contributed by atoms with Crippen LogP contribution in [-0.4, -0.2) is 46.7 Å². The van der Waals surface area contributed by atoms with Crippen molar-refractivity contribution >= 4 is 11.9 Å². The number of hydrogen-bond donors (Lipinski definition) is 0. The minimum Gasteiger partial charge on any atom is -0.493 e. The molecule has 9 heteroatoms. The van der Waals surface area contributed by atoms with Gasteiger partial charge in [-0.1, -0.05) is 84.0 Å². The highest BCUT2D eigenvalue weighted by molar-refractivity contribution is 5.79. The highest BCUT2D eigenvalue weighted by Gasteiger charge is 2.54. The summed E-state index contributed by atoms with van der Waals surface area (Å²) in [7, 11) is 4.68. The maximum Gasteiger partial charge on any atom is 0.310 e. The van der Waals surface area contributed by atoms with Gasteiger partial charge in [0, 0.05) is 23.8 Å². The van der Waals surface area contributed by atoms with Crippen molar-refractivity contribution in [1.29, 1.82) is 0 Å². The summed E-state index contributed by atoms with van der Waals surface area (Å²) in [4.78, 5) is 26.7. The van der Waals surface area contributed by atoms with Gasteiger partial charge in [0.2, 0.25) is 12.5 Å². The van der Waals surface area contributed by atoms with E-state index in [1.807, 2.05) is 24.3 Å². The second kappa shape index (κ2) is 17.0. The summed E-state index contributed by atoms with van der Waals surface area (Å²) in [6, 6.07) is 7.53. The molecule has 1 saturated heterocycles. The minimum absolute atomic E-state index is 0.103. The molecule has 4 atom stereocenters. The summed E-state index contributed by atoms with van der Waals surface area (Å²) in [6.45, 7) is 2.52. The van der Waals surface area contributed by atoms with E-state index in [9.17, 15) is 9.59 Å². The summed E-state index contributed by atoms with van der Waals surface area (Å²) in [5.41, 5.74) is 2.42. The SMILES string of the molecule is CCCCCCCCCCCCCCCC(=O)O[C@H]1c2cc3c(cc2[C@@H](c2cc(OC)c(OC)c(OC)c2)[C@@H]2C(=O)OC[C@@H]21)OCO3. The largest absolute Gasteiger partial charge is 0.493 e. The number of rotatable bonds is 19. The number of carbonyl (C=O) groups is 2. The first-order chi connectivity index (χ1) is 23.0. The van der Waals surface area contributed by atoms with Crippen molar-refractivity contribution in [3.8, 4) is 28.7 Å². The van der Waals surface area contributed by atoms with Gasteiger partial charge in [-0.15, -0.1) is 0 Å². The first-order valence-corrected chi connectivity index (χ1v) is 17.6. The van der Waals surface area contributed by atoms with Gasteiger partial charge in [-0.3, -0.25) is 9.59 Å². The number of hydrogen-bond acceptors (Lipinski definition) is 9. The van der Waals surface area contributed by atoms with Gasteiger partial charge >= 0.3 is 11.9 Å². The topological polar surface area (TPSA) is 98.8 Å². The lowest BCUT2D eigenvalue weighted by Crippen LogP contribution is -2.36. The number of benzene rings is 2. The summed E-state index contributed by atoms with van der Waals surface area (Å²) < 4.78 is 40.2. The molecule has 258 valence electrons. The molecule has 0 unspecified atom stereocenters. The van der Waals surface area contributed by atoms with Crippen molar-refractivity contribution in [2.24, 2.45) is 11.8 Å². The lowest BCUT2D eigenvalue weighted by Gasteiger charge is -2.38. The summed E-state index contributed by atoms with van der Waals surface area (Å²) in [5, 5.41) is 0. The highest BCUT2D eigenvalue weighted by atomic mass is 16.7. The molecule has 1 fully saturated rings. The quantitative estimate of drug-likeness (QED) is 0.109. The third-order valence-electron chi connectivity index (χ3n) is 9.91. The standard InChI is InChI=1S/C38H52O9/c1-5-6-7-8-9-10-11-12-13-14-15-16-17-18-33(39)47-36-27-22-30-29(45-24-46-30)21-26(27)34(35-28(36)23-44-38(35)40)25-19-31(41-2)37(43-4)32(20-25)42-3/h19-22,28,34-36H,5-18,23-24H2,1-4H3/t28-,34+,35+,36-/m0/s1. The molecular weight excluding hydrogens is 600 g/mol. The van der Waals surface area contributed by atoms with Gasteiger partial charge in [-0.2, -0.15) is 0 Å². The van der Waals surface area contributed by atoms with E-state index in [-0.39, 0.29) is 31.3 Å². The number of unbranched alkanes of at least 4 members (excludes halogenated alkanes) is 12. The molecule has 0 N–H and O–H groups in total. The van der Waals surface area contributed by atoms with Gasteiger partial charge in [-0.25, -0.2) is 0 Å². The van der Waals surface area contributed by atoms with Gasteiger partial charge in [0.25, 0.3) is 0 Å². The van der Waals surface area contributed by atoms with Crippen LogP contribution in [0, 0.1) is 11.8 Å². The van der Waals surface area contributed by atoms with Crippen LogP contribution in [0.4, 0.5) is 0 Å². The normalized spacial score (nSPS) is 20.7. The van der Waals surface area contributed by atoms with E-state index in [0.717, 1.165) is 36.0 Å². The first-order valence-electron chi connectivity index (χ1n) is 17.6. The average molecular weight is 653 g/mol. The van der Waals surface area contributed by atoms with E-state index < -0.39 is 17.9 Å². The maximum atomic E-state index is 13.4. The van der Waals surface area contributed by atoms with Gasteiger partial charge in [0.1, 0.15) is 6.10 Å². The molecule has 0 spiro atoms. The molecule has 2 aromatic carbocycles. The Morgan fingerprint density at radius 3 is 1.83 bits per heavy atom. The van der Waals surface area contributed by atoms with Crippen molar-refractivity contribution in [3.05, 3.63) is 41.0 Å². The van der Waals surface area contributed by atoms with Crippen molar-refractivity contribution in [2.45, 2.75) is 109 Å². The Hall–Kier alpha value is -3.62. The first kappa shape index (κ1) is 34.7. The molecule has 2 aromatic rings. The third-order valence-corrected chi connectivity index (χ3v) is 9.91. The number of carbonyl (C=O) groups excluding carboxylic acids is 2. The Morgan fingerprint density at radius 2 is 1.28 bits per heavy atom. The molecular formula is C38H52O9. The molecule has 0 radical (unpaired) electrons. The van der Waals surface area contributed by atoms with Crippen LogP contribution in [0.2, 0.25) is 0 Å². The molecule has 2 aliphatic heterocycles. The fourth-order valence-corrected chi connectivity index (χ4v) is 7.43. The summed E-state index contributed by atoms with van der Waals surface area (Å²) >= 11 is 0. The van der Waals surface area contributed by atoms with Crippen molar-refractivity contribution in [1.82, 2.24) is 0 Å². The van der Waals surface area contributed by atoms with E-state index in [1.54, 1.807) is 21.3 Å². The molecule has 3 aliphatic rings. The lowest BCUT2D eigenvalue weighted by molar-refractivity contribution is -0.154. The zero-order chi connectivity index (χ0) is 33.2. The zero-order valence-electron chi connectivity index (χ0n) is 28.6. The van der Waals surface area contributed by atoms with Gasteiger partial charge in [0.15, 0.2) is 23.0 Å². The molecule has 1 aliphatic carbocycles. The number of ether oxygens (including phenoxy) is 7. The van der Waals surface area contributed by atoms with Gasteiger partial charge in [-0.05, 0) is 41.8 Å². The minimum atomic E-state index is -0.649. The second-order valence-electron chi connectivity index (χ2n) is 13.0. The van der Waals surface area contributed by atoms with E-state index in [4.69, 9.17) is 33.2 Å². The van der Waals surface area contributed by atoms with Crippen LogP contribution in [-0.2, 0) is 19.1 Å². The predicted octanol–water partition coefficient (Wildman–Crippen LogP) is 8.44. The summed E-state index contributed by atoms with van der Waals surface area (Å²) in [5.74, 6) is 0.652. The summed E-state index contributed by atoms with van der Waals surface area (Å²) in [6.07, 6.45) is 15.8. The second-order valence-corrected chi connectivity index (χ2v) is 13.0. The Balaban J connectivity index is 1.25. The Labute approximate surface area is 279 Å². The molecule has 47 heavy (non-hydrogen) atoms. The van der Waals surface area contributed by atoms with Crippen LogP contribution in [0.1, 0.15) is 126 Å². The highest BCUT2D eigenvalue weighted by Crippen LogP contribution is 2.56. The van der Waals surface area contributed by atoms with E-state index >= 15 is 0 Å². The molecule has 5 rings (SSSR count). The molecule has 2 heterocycles. The van der Waals surface area contributed by atoms with E-state index in [1.165, 1.54) is 64.2 Å². The number of fused-ring (bicyclic) bond motifs is 3. The zero-order valence-corrected chi connectivity index (χ0v) is 28.6. The molecule has 0 saturated carbocycles. The van der Waals surface area contributed by atoms with Gasteiger partial charge < -0.3 is 33.2 Å². The predicted molar refractivity (Wildman–Crippen MR) is 178 cm³/mol. The Kier molecular flexibility index (Phi) is 12.5. The lowest BCUT2D eigenvalue weighted by atomic mass is 9.66. The molecule has 0 bridgehead atoms. The number of cyclic esters (lactones) is 1. The maximum absolute atomic E-state index is 13.4. The monoisotopic (exact) mass is 652 g/mol.